The van der Waals surface area contributed by atoms with Crippen LogP contribution in [0, 0.1) is 23.1 Å². The van der Waals surface area contributed by atoms with Crippen molar-refractivity contribution in [1.29, 1.82) is 5.26 Å². The second-order valence-electron chi connectivity index (χ2n) is 7.35. The van der Waals surface area contributed by atoms with Crippen LogP contribution in [0.2, 0.25) is 0 Å². The van der Waals surface area contributed by atoms with Crippen molar-refractivity contribution < 1.29 is 4.39 Å². The highest BCUT2D eigenvalue weighted by Gasteiger charge is 2.36. The molecule has 0 spiro atoms. The van der Waals surface area contributed by atoms with E-state index in [1.54, 1.807) is 24.3 Å². The van der Waals surface area contributed by atoms with Gasteiger partial charge in [0.15, 0.2) is 5.82 Å². The third kappa shape index (κ3) is 2.67. The number of rotatable bonds is 2. The number of hydrogen-bond acceptors (Lipinski definition) is 5. The molecule has 2 aliphatic heterocycles. The number of hydrogen-bond donors (Lipinski definition) is 0. The van der Waals surface area contributed by atoms with Crippen molar-refractivity contribution in [2.24, 2.45) is 5.92 Å². The van der Waals surface area contributed by atoms with Crippen LogP contribution in [0.3, 0.4) is 0 Å². The minimum Gasteiger partial charge on any atom is -0.352 e. The predicted octanol–water partition coefficient (Wildman–Crippen LogP) is 2.06. The monoisotopic (exact) mass is 376 g/mol. The average Bonchev–Trinajstić information content (AvgIpc) is 3.14. The number of nitrogens with zero attached hydrogens (tertiary/aromatic N) is 6. The van der Waals surface area contributed by atoms with Crippen molar-refractivity contribution in [2.75, 3.05) is 18.0 Å². The number of nitriles is 1. The summed E-state index contributed by atoms with van der Waals surface area (Å²) in [5, 5.41) is 18.4. The first kappa shape index (κ1) is 16.7. The summed E-state index contributed by atoms with van der Waals surface area (Å²) in [4.78, 5) is 15.6. The summed E-state index contributed by atoms with van der Waals surface area (Å²) in [7, 11) is 0. The lowest BCUT2D eigenvalue weighted by Gasteiger charge is -2.42. The average molecular weight is 376 g/mol. The lowest BCUT2D eigenvalue weighted by molar-refractivity contribution is 0.280. The van der Waals surface area contributed by atoms with Crippen molar-refractivity contribution in [3.8, 4) is 11.8 Å². The van der Waals surface area contributed by atoms with Crippen LogP contribution in [0.25, 0.3) is 5.69 Å². The normalized spacial score (nSPS) is 20.5. The van der Waals surface area contributed by atoms with Gasteiger partial charge in [0, 0.05) is 37.3 Å². The summed E-state index contributed by atoms with van der Waals surface area (Å²) < 4.78 is 15.1. The molecule has 140 valence electrons. The molecule has 2 atom stereocenters. The smallest absolute Gasteiger partial charge is 0.250 e. The molecule has 3 aromatic rings. The fraction of sp³-hybridized carbons (Fsp3) is 0.300. The summed E-state index contributed by atoms with van der Waals surface area (Å²) in [5.74, 6) is 0.723. The van der Waals surface area contributed by atoms with E-state index in [9.17, 15) is 14.4 Å². The van der Waals surface area contributed by atoms with Gasteiger partial charge in [-0.1, -0.05) is 6.07 Å². The van der Waals surface area contributed by atoms with E-state index in [-0.39, 0.29) is 23.0 Å². The number of aromatic nitrogens is 4. The number of halogens is 1. The summed E-state index contributed by atoms with van der Waals surface area (Å²) >= 11 is 0. The van der Waals surface area contributed by atoms with Crippen molar-refractivity contribution in [3.05, 3.63) is 70.0 Å². The molecule has 1 fully saturated rings. The van der Waals surface area contributed by atoms with Crippen LogP contribution in [0.4, 0.5) is 10.2 Å². The molecule has 2 aromatic heterocycles. The highest BCUT2D eigenvalue weighted by atomic mass is 19.1. The molecule has 5 rings (SSSR count). The van der Waals surface area contributed by atoms with E-state index in [0.717, 1.165) is 12.1 Å². The van der Waals surface area contributed by atoms with Gasteiger partial charge in [-0.05, 0) is 42.7 Å². The van der Waals surface area contributed by atoms with Crippen LogP contribution in [-0.2, 0) is 6.54 Å². The molecule has 1 saturated heterocycles. The third-order valence-corrected chi connectivity index (χ3v) is 5.54. The van der Waals surface area contributed by atoms with Gasteiger partial charge in [0.05, 0.1) is 5.69 Å². The highest BCUT2D eigenvalue weighted by Crippen LogP contribution is 2.37. The number of fused-ring (bicyclic) bond motifs is 4. The fourth-order valence-electron chi connectivity index (χ4n) is 4.34. The molecule has 2 bridgehead atoms. The molecule has 2 aliphatic rings. The van der Waals surface area contributed by atoms with Gasteiger partial charge < -0.3 is 9.47 Å². The van der Waals surface area contributed by atoms with Gasteiger partial charge in [0.1, 0.15) is 11.9 Å². The molecule has 0 saturated carbocycles. The summed E-state index contributed by atoms with van der Waals surface area (Å²) in [6.07, 6.45) is 1.02. The molecule has 0 aliphatic carbocycles. The van der Waals surface area contributed by atoms with Crippen LogP contribution in [-0.4, -0.2) is 32.7 Å². The minimum absolute atomic E-state index is 0.0422. The van der Waals surface area contributed by atoms with Gasteiger partial charge >= 0.3 is 0 Å². The Labute approximate surface area is 160 Å². The number of piperidine rings is 1. The fourth-order valence-corrected chi connectivity index (χ4v) is 4.34. The van der Waals surface area contributed by atoms with E-state index in [1.165, 1.54) is 16.9 Å². The Morgan fingerprint density at radius 1 is 1.07 bits per heavy atom. The zero-order valence-electron chi connectivity index (χ0n) is 15.0. The molecule has 0 N–H and O–H groups in total. The maximum absolute atomic E-state index is 13.2. The van der Waals surface area contributed by atoms with E-state index in [2.05, 4.69) is 21.2 Å². The Morgan fingerprint density at radius 3 is 2.68 bits per heavy atom. The van der Waals surface area contributed by atoms with Gasteiger partial charge in [0.2, 0.25) is 5.69 Å². The van der Waals surface area contributed by atoms with E-state index in [0.29, 0.717) is 37.1 Å². The molecule has 8 heteroatoms. The maximum Gasteiger partial charge on any atom is 0.250 e. The van der Waals surface area contributed by atoms with Crippen LogP contribution >= 0.6 is 0 Å². The Kier molecular flexibility index (Phi) is 3.76. The molecular formula is C20H17FN6O. The van der Waals surface area contributed by atoms with Crippen LogP contribution in [0.15, 0.2) is 47.3 Å². The van der Waals surface area contributed by atoms with Crippen LogP contribution in [0.5, 0.6) is 0 Å². The van der Waals surface area contributed by atoms with Gasteiger partial charge in [-0.2, -0.15) is 5.26 Å². The van der Waals surface area contributed by atoms with E-state index in [1.807, 2.05) is 10.6 Å². The molecule has 4 heterocycles. The lowest BCUT2D eigenvalue weighted by atomic mass is 9.83. The molecule has 1 aromatic carbocycles. The van der Waals surface area contributed by atoms with Crippen molar-refractivity contribution in [1.82, 2.24) is 19.6 Å². The Bertz CT molecular complexity index is 1140. The number of benzene rings is 1. The van der Waals surface area contributed by atoms with Gasteiger partial charge in [-0.15, -0.1) is 15.0 Å². The zero-order chi connectivity index (χ0) is 19.3. The largest absolute Gasteiger partial charge is 0.352 e. The third-order valence-electron chi connectivity index (χ3n) is 5.54. The topological polar surface area (TPSA) is 79.7 Å². The summed E-state index contributed by atoms with van der Waals surface area (Å²) in [6, 6.07) is 13.4. The highest BCUT2D eigenvalue weighted by molar-refractivity contribution is 5.51. The van der Waals surface area contributed by atoms with Gasteiger partial charge in [0.25, 0.3) is 5.56 Å². The SMILES string of the molecule is N#Cc1nn(-c2ccc(F)cc2)nc1N1CC2CC(C1)c1cccc(=O)n1C2. The van der Waals surface area contributed by atoms with Crippen molar-refractivity contribution >= 4 is 5.82 Å². The molecule has 7 nitrogen and oxygen atoms in total. The minimum atomic E-state index is -0.339. The van der Waals surface area contributed by atoms with Crippen LogP contribution in [0.1, 0.15) is 23.7 Å². The van der Waals surface area contributed by atoms with E-state index < -0.39 is 0 Å². The predicted molar refractivity (Wildman–Crippen MR) is 99.8 cm³/mol. The van der Waals surface area contributed by atoms with E-state index >= 15 is 0 Å². The lowest BCUT2D eigenvalue weighted by Crippen LogP contribution is -2.47. The quantitative estimate of drug-likeness (QED) is 0.684. The van der Waals surface area contributed by atoms with Crippen LogP contribution < -0.4 is 10.5 Å². The van der Waals surface area contributed by atoms with Gasteiger partial charge in [-0.3, -0.25) is 4.79 Å². The summed E-state index contributed by atoms with van der Waals surface area (Å²) in [5.41, 5.74) is 1.92. The first-order valence-corrected chi connectivity index (χ1v) is 9.20. The molecule has 28 heavy (non-hydrogen) atoms. The number of anilines is 1. The summed E-state index contributed by atoms with van der Waals surface area (Å²) in [6.45, 7) is 2.07. The standard InChI is InChI=1S/C20H17FN6O/c21-15-4-6-16(7-5-15)27-23-17(9-22)20(24-27)25-10-13-8-14(12-25)18-2-1-3-19(28)26(18)11-13/h1-7,13-14H,8,10-12H2. The number of pyridine rings is 1. The molecule has 0 amide bonds. The molecule has 0 radical (unpaired) electrons. The van der Waals surface area contributed by atoms with Crippen molar-refractivity contribution in [3.63, 3.8) is 0 Å². The second-order valence-corrected chi connectivity index (χ2v) is 7.35. The Balaban J connectivity index is 1.50. The van der Waals surface area contributed by atoms with Gasteiger partial charge in [-0.25, -0.2) is 4.39 Å². The molecule has 2 unspecified atom stereocenters. The Morgan fingerprint density at radius 2 is 1.89 bits per heavy atom. The second kappa shape index (κ2) is 6.30. The first-order chi connectivity index (χ1) is 13.6. The molecular weight excluding hydrogens is 359 g/mol. The first-order valence-electron chi connectivity index (χ1n) is 9.20. The Hall–Kier alpha value is -3.47. The van der Waals surface area contributed by atoms with E-state index in [4.69, 9.17) is 0 Å². The maximum atomic E-state index is 13.2. The zero-order valence-corrected chi connectivity index (χ0v) is 15.0. The van der Waals surface area contributed by atoms with Crippen molar-refractivity contribution in [2.45, 2.75) is 18.9 Å².